The van der Waals surface area contributed by atoms with Crippen molar-refractivity contribution in [3.63, 3.8) is 0 Å². The van der Waals surface area contributed by atoms with Crippen LogP contribution in [0.1, 0.15) is 12.5 Å². The molecule has 6 nitrogen and oxygen atoms in total. The van der Waals surface area contributed by atoms with Crippen LogP contribution in [0.4, 0.5) is 4.79 Å². The van der Waals surface area contributed by atoms with Gasteiger partial charge < -0.3 is 9.64 Å². The second-order valence-electron chi connectivity index (χ2n) is 4.06. The average Bonchev–Trinajstić information content (AvgIpc) is 2.39. The van der Waals surface area contributed by atoms with E-state index >= 15 is 0 Å². The van der Waals surface area contributed by atoms with E-state index < -0.39 is 12.0 Å². The summed E-state index contributed by atoms with van der Waals surface area (Å²) in [4.78, 5) is 24.4. The summed E-state index contributed by atoms with van der Waals surface area (Å²) < 4.78 is 4.77. The summed E-state index contributed by atoms with van der Waals surface area (Å²) in [5, 5.41) is 1.06. The van der Waals surface area contributed by atoms with Crippen molar-refractivity contribution in [2.45, 2.75) is 13.5 Å². The van der Waals surface area contributed by atoms with E-state index in [1.54, 1.807) is 6.92 Å². The van der Waals surface area contributed by atoms with Crippen LogP contribution in [0.2, 0.25) is 0 Å². The highest BCUT2D eigenvalue weighted by molar-refractivity contribution is 5.80. The zero-order valence-electron chi connectivity index (χ0n) is 11.2. The Morgan fingerprint density at radius 3 is 2.47 bits per heavy atom. The van der Waals surface area contributed by atoms with Gasteiger partial charge >= 0.3 is 12.0 Å². The van der Waals surface area contributed by atoms with Gasteiger partial charge in [-0.2, -0.15) is 0 Å². The van der Waals surface area contributed by atoms with Gasteiger partial charge in [-0.1, -0.05) is 30.3 Å². The third-order valence-corrected chi connectivity index (χ3v) is 2.44. The number of hydrogen-bond donors (Lipinski definition) is 1. The Kier molecular flexibility index (Phi) is 5.81. The van der Waals surface area contributed by atoms with Crippen LogP contribution >= 0.6 is 0 Å². The molecule has 0 aliphatic carbocycles. The molecule has 0 saturated heterocycles. The smallest absolute Gasteiger partial charge is 0.334 e. The molecule has 0 aliphatic rings. The number of carbonyl (C=O) groups excluding carboxylic acids is 2. The minimum atomic E-state index is -0.452. The lowest BCUT2D eigenvalue weighted by molar-refractivity contribution is -0.143. The summed E-state index contributed by atoms with van der Waals surface area (Å²) >= 11 is 0. The fraction of sp³-hybridized carbons (Fsp3) is 0.385. The van der Waals surface area contributed by atoms with Gasteiger partial charge in [-0.15, -0.1) is 0 Å². The molecule has 0 radical (unpaired) electrons. The van der Waals surface area contributed by atoms with Crippen LogP contribution < -0.4 is 5.84 Å². The van der Waals surface area contributed by atoms with Gasteiger partial charge in [0.25, 0.3) is 0 Å². The summed E-state index contributed by atoms with van der Waals surface area (Å²) in [6.45, 7) is 2.17. The molecule has 2 N–H and O–H groups in total. The van der Waals surface area contributed by atoms with Gasteiger partial charge in [0.05, 0.1) is 13.2 Å². The molecule has 0 unspecified atom stereocenters. The Hall–Kier alpha value is -2.08. The van der Waals surface area contributed by atoms with E-state index in [1.807, 2.05) is 30.3 Å². The van der Waals surface area contributed by atoms with E-state index in [1.165, 1.54) is 11.9 Å². The van der Waals surface area contributed by atoms with Gasteiger partial charge in [-0.25, -0.2) is 10.6 Å². The molecule has 104 valence electrons. The van der Waals surface area contributed by atoms with E-state index in [2.05, 4.69) is 0 Å². The molecule has 0 heterocycles. The van der Waals surface area contributed by atoms with Crippen LogP contribution in [-0.2, 0) is 16.1 Å². The van der Waals surface area contributed by atoms with Crippen molar-refractivity contribution in [2.24, 2.45) is 5.84 Å². The van der Waals surface area contributed by atoms with Crippen molar-refractivity contribution in [3.05, 3.63) is 35.9 Å². The van der Waals surface area contributed by atoms with Crippen LogP contribution in [0.5, 0.6) is 0 Å². The van der Waals surface area contributed by atoms with Crippen molar-refractivity contribution >= 4 is 12.0 Å². The molecular weight excluding hydrogens is 246 g/mol. The van der Waals surface area contributed by atoms with Gasteiger partial charge in [-0.3, -0.25) is 9.80 Å². The maximum absolute atomic E-state index is 11.9. The fourth-order valence-electron chi connectivity index (χ4n) is 1.53. The second kappa shape index (κ2) is 7.38. The average molecular weight is 265 g/mol. The first-order valence-electron chi connectivity index (χ1n) is 6.01. The van der Waals surface area contributed by atoms with Crippen LogP contribution in [0.15, 0.2) is 30.3 Å². The van der Waals surface area contributed by atoms with Crippen molar-refractivity contribution in [3.8, 4) is 0 Å². The lowest BCUT2D eigenvalue weighted by Gasteiger charge is -2.23. The molecule has 0 aliphatic heterocycles. The highest BCUT2D eigenvalue weighted by atomic mass is 16.5. The first-order valence-corrected chi connectivity index (χ1v) is 6.01. The van der Waals surface area contributed by atoms with Crippen LogP contribution in [-0.4, -0.2) is 42.1 Å². The zero-order chi connectivity index (χ0) is 14.3. The minimum Gasteiger partial charge on any atom is -0.465 e. The van der Waals surface area contributed by atoms with Gasteiger partial charge in [0.2, 0.25) is 0 Å². The molecular formula is C13H19N3O3. The normalized spacial score (nSPS) is 9.84. The number of hydrogen-bond acceptors (Lipinski definition) is 4. The first-order chi connectivity index (χ1) is 9.04. The van der Waals surface area contributed by atoms with Gasteiger partial charge in [0, 0.05) is 7.05 Å². The van der Waals surface area contributed by atoms with E-state index in [0.29, 0.717) is 0 Å². The third-order valence-electron chi connectivity index (χ3n) is 2.44. The molecule has 1 aromatic rings. The lowest BCUT2D eigenvalue weighted by Crippen LogP contribution is -2.46. The van der Waals surface area contributed by atoms with E-state index in [9.17, 15) is 9.59 Å². The lowest BCUT2D eigenvalue weighted by atomic mass is 10.2. The Bertz CT molecular complexity index is 422. The molecule has 0 spiro atoms. The summed E-state index contributed by atoms with van der Waals surface area (Å²) in [7, 11) is 1.50. The second-order valence-corrected chi connectivity index (χ2v) is 4.06. The Labute approximate surface area is 112 Å². The Morgan fingerprint density at radius 1 is 1.26 bits per heavy atom. The van der Waals surface area contributed by atoms with Gasteiger partial charge in [0.1, 0.15) is 6.54 Å². The summed E-state index contributed by atoms with van der Waals surface area (Å²) in [5.74, 6) is 5.24. The van der Waals surface area contributed by atoms with E-state index in [4.69, 9.17) is 10.6 Å². The Morgan fingerprint density at radius 2 is 1.89 bits per heavy atom. The molecule has 19 heavy (non-hydrogen) atoms. The van der Waals surface area contributed by atoms with E-state index in [-0.39, 0.29) is 19.7 Å². The minimum absolute atomic E-state index is 0.116. The number of likely N-dealkylation sites (N-methyl/N-ethyl adjacent to an activating group) is 1. The van der Waals surface area contributed by atoms with Crippen molar-refractivity contribution < 1.29 is 14.3 Å². The highest BCUT2D eigenvalue weighted by Crippen LogP contribution is 2.03. The maximum atomic E-state index is 11.9. The number of ether oxygens (including phenoxy) is 1. The van der Waals surface area contributed by atoms with Crippen LogP contribution in [0.25, 0.3) is 0 Å². The standard InChI is InChI=1S/C13H19N3O3/c1-3-19-12(17)10-15(2)13(18)16(14)9-11-7-5-4-6-8-11/h4-8H,3,9-10,14H2,1-2H3. The monoisotopic (exact) mass is 265 g/mol. The number of nitrogens with zero attached hydrogens (tertiary/aromatic N) is 2. The van der Waals surface area contributed by atoms with Crippen LogP contribution in [0, 0.1) is 0 Å². The topological polar surface area (TPSA) is 75.9 Å². The predicted molar refractivity (Wildman–Crippen MR) is 70.8 cm³/mol. The van der Waals surface area contributed by atoms with Gasteiger partial charge in [0.15, 0.2) is 0 Å². The van der Waals surface area contributed by atoms with E-state index in [0.717, 1.165) is 10.6 Å². The number of benzene rings is 1. The van der Waals surface area contributed by atoms with Crippen molar-refractivity contribution in [1.82, 2.24) is 9.91 Å². The number of esters is 1. The molecule has 0 saturated carbocycles. The fourth-order valence-corrected chi connectivity index (χ4v) is 1.53. The highest BCUT2D eigenvalue weighted by Gasteiger charge is 2.18. The van der Waals surface area contributed by atoms with Crippen LogP contribution in [0.3, 0.4) is 0 Å². The molecule has 2 amide bonds. The summed E-state index contributed by atoms with van der Waals surface area (Å²) in [6.07, 6.45) is 0. The number of nitrogens with two attached hydrogens (primary N) is 1. The molecule has 1 aromatic carbocycles. The number of amides is 2. The number of hydrazine groups is 1. The molecule has 0 bridgehead atoms. The number of rotatable bonds is 5. The molecule has 0 atom stereocenters. The first kappa shape index (κ1) is 15.0. The molecule has 0 fully saturated rings. The number of urea groups is 1. The quantitative estimate of drug-likeness (QED) is 0.372. The largest absolute Gasteiger partial charge is 0.465 e. The molecule has 0 aromatic heterocycles. The third kappa shape index (κ3) is 4.97. The summed E-state index contributed by atoms with van der Waals surface area (Å²) in [5.41, 5.74) is 0.919. The zero-order valence-corrected chi connectivity index (χ0v) is 11.2. The van der Waals surface area contributed by atoms with Gasteiger partial charge in [-0.05, 0) is 12.5 Å². The predicted octanol–water partition coefficient (Wildman–Crippen LogP) is 0.977. The van der Waals surface area contributed by atoms with Crippen molar-refractivity contribution in [2.75, 3.05) is 20.2 Å². The molecule has 6 heteroatoms. The molecule has 1 rings (SSSR count). The summed E-state index contributed by atoms with van der Waals surface area (Å²) in [6, 6.07) is 8.94. The number of carbonyl (C=O) groups is 2. The van der Waals surface area contributed by atoms with Crippen molar-refractivity contribution in [1.29, 1.82) is 0 Å². The maximum Gasteiger partial charge on any atom is 0.334 e. The SMILES string of the molecule is CCOC(=O)CN(C)C(=O)N(N)Cc1ccccc1. The Balaban J connectivity index is 2.50.